The van der Waals surface area contributed by atoms with Gasteiger partial charge in [-0.3, -0.25) is 9.59 Å². The summed E-state index contributed by atoms with van der Waals surface area (Å²) in [6, 6.07) is 3.12. The van der Waals surface area contributed by atoms with E-state index in [9.17, 15) is 18.4 Å². The minimum atomic E-state index is -1.14. The van der Waals surface area contributed by atoms with Gasteiger partial charge in [0.25, 0.3) is 0 Å². The number of carbonyl (C=O) groups excluding carboxylic acids is 2. The van der Waals surface area contributed by atoms with Crippen molar-refractivity contribution in [3.8, 4) is 0 Å². The first kappa shape index (κ1) is 18.0. The Morgan fingerprint density at radius 2 is 1.82 bits per heavy atom. The molecule has 1 unspecified atom stereocenters. The molecule has 0 aliphatic carbocycles. The molecule has 122 valence electrons. The fourth-order valence-electron chi connectivity index (χ4n) is 2.04. The summed E-state index contributed by atoms with van der Waals surface area (Å²) in [6.07, 6.45) is 2.19. The predicted molar refractivity (Wildman–Crippen MR) is 78.1 cm³/mol. The van der Waals surface area contributed by atoms with Crippen molar-refractivity contribution in [2.75, 3.05) is 18.5 Å². The van der Waals surface area contributed by atoms with Crippen LogP contribution < -0.4 is 10.6 Å². The minimum Gasteiger partial charge on any atom is -0.396 e. The van der Waals surface area contributed by atoms with E-state index < -0.39 is 29.1 Å². The zero-order valence-electron chi connectivity index (χ0n) is 12.4. The lowest BCUT2D eigenvalue weighted by Gasteiger charge is -2.15. The van der Waals surface area contributed by atoms with Gasteiger partial charge >= 0.3 is 11.8 Å². The summed E-state index contributed by atoms with van der Waals surface area (Å²) in [5.41, 5.74) is -0.650. The maximum atomic E-state index is 13.4. The normalized spacial score (nSPS) is 11.8. The zero-order chi connectivity index (χ0) is 16.5. The van der Waals surface area contributed by atoms with E-state index >= 15 is 0 Å². The van der Waals surface area contributed by atoms with Crippen molar-refractivity contribution in [2.45, 2.75) is 26.2 Å². The van der Waals surface area contributed by atoms with Crippen LogP contribution in [-0.2, 0) is 9.59 Å². The Kier molecular flexibility index (Phi) is 7.45. The molecule has 0 aliphatic heterocycles. The summed E-state index contributed by atoms with van der Waals surface area (Å²) >= 11 is 0. The zero-order valence-corrected chi connectivity index (χ0v) is 12.4. The van der Waals surface area contributed by atoms with Crippen LogP contribution in [-0.4, -0.2) is 30.1 Å². The van der Waals surface area contributed by atoms with Crippen LogP contribution in [0.2, 0.25) is 0 Å². The molecule has 7 heteroatoms. The van der Waals surface area contributed by atoms with Gasteiger partial charge in [0.15, 0.2) is 0 Å². The summed E-state index contributed by atoms with van der Waals surface area (Å²) in [5.74, 6) is -3.96. The standard InChI is InChI=1S/C15H20F2N2O3/c1-2-4-10(7-8-20)9-18-14(21)15(22)19-13-11(16)5-3-6-12(13)17/h3,5-6,10,20H,2,4,7-9H2,1H3,(H,18,21)(H,19,22). The SMILES string of the molecule is CCCC(CCO)CNC(=O)C(=O)Nc1c(F)cccc1F. The van der Waals surface area contributed by atoms with E-state index in [-0.39, 0.29) is 19.1 Å². The first-order valence-electron chi connectivity index (χ1n) is 7.13. The monoisotopic (exact) mass is 314 g/mol. The second-order valence-electron chi connectivity index (χ2n) is 4.93. The van der Waals surface area contributed by atoms with Gasteiger partial charge in [0.1, 0.15) is 17.3 Å². The number of para-hydroxylation sites is 1. The molecule has 1 atom stereocenters. The number of aliphatic hydroxyl groups is 1. The molecule has 0 bridgehead atoms. The highest BCUT2D eigenvalue weighted by Crippen LogP contribution is 2.17. The Morgan fingerprint density at radius 1 is 1.18 bits per heavy atom. The van der Waals surface area contributed by atoms with Gasteiger partial charge in [0.2, 0.25) is 0 Å². The Labute approximate surface area is 127 Å². The summed E-state index contributed by atoms with van der Waals surface area (Å²) in [7, 11) is 0. The van der Waals surface area contributed by atoms with E-state index in [1.807, 2.05) is 12.2 Å². The van der Waals surface area contributed by atoms with Gasteiger partial charge in [-0.2, -0.15) is 0 Å². The Hall–Kier alpha value is -2.02. The lowest BCUT2D eigenvalue weighted by Crippen LogP contribution is -2.38. The molecular weight excluding hydrogens is 294 g/mol. The van der Waals surface area contributed by atoms with Crippen LogP contribution in [0.25, 0.3) is 0 Å². The smallest absolute Gasteiger partial charge is 0.313 e. The highest BCUT2D eigenvalue weighted by atomic mass is 19.1. The van der Waals surface area contributed by atoms with Gasteiger partial charge in [0.05, 0.1) is 0 Å². The first-order chi connectivity index (χ1) is 10.5. The molecule has 0 saturated carbocycles. The summed E-state index contributed by atoms with van der Waals surface area (Å²) < 4.78 is 26.7. The second kappa shape index (κ2) is 9.09. The van der Waals surface area contributed by atoms with Gasteiger partial charge in [-0.25, -0.2) is 8.78 Å². The summed E-state index contributed by atoms with van der Waals surface area (Å²) in [5, 5.41) is 13.2. The molecular formula is C15H20F2N2O3. The van der Waals surface area contributed by atoms with Crippen LogP contribution in [0.4, 0.5) is 14.5 Å². The lowest BCUT2D eigenvalue weighted by atomic mass is 10.0. The van der Waals surface area contributed by atoms with Gasteiger partial charge in [-0.15, -0.1) is 0 Å². The molecule has 0 fully saturated rings. The number of benzene rings is 1. The molecule has 0 radical (unpaired) electrons. The third-order valence-electron chi connectivity index (χ3n) is 3.19. The van der Waals surface area contributed by atoms with Gasteiger partial charge in [-0.05, 0) is 30.9 Å². The minimum absolute atomic E-state index is 0.00677. The Morgan fingerprint density at radius 3 is 2.36 bits per heavy atom. The summed E-state index contributed by atoms with van der Waals surface area (Å²) in [6.45, 7) is 2.19. The average molecular weight is 314 g/mol. The molecule has 0 aliphatic rings. The maximum Gasteiger partial charge on any atom is 0.313 e. The van der Waals surface area contributed by atoms with Crippen LogP contribution in [0.15, 0.2) is 18.2 Å². The molecule has 1 aromatic rings. The van der Waals surface area contributed by atoms with Crippen LogP contribution in [0.5, 0.6) is 0 Å². The van der Waals surface area contributed by atoms with Crippen molar-refractivity contribution in [3.05, 3.63) is 29.8 Å². The second-order valence-corrected chi connectivity index (χ2v) is 4.93. The molecule has 3 N–H and O–H groups in total. The van der Waals surface area contributed by atoms with Crippen LogP contribution in [0, 0.1) is 17.6 Å². The molecule has 0 spiro atoms. The van der Waals surface area contributed by atoms with E-state index in [1.54, 1.807) is 0 Å². The topological polar surface area (TPSA) is 78.4 Å². The average Bonchev–Trinajstić information content (AvgIpc) is 2.48. The number of aliphatic hydroxyl groups excluding tert-OH is 1. The van der Waals surface area contributed by atoms with Crippen LogP contribution >= 0.6 is 0 Å². The number of hydrogen-bond acceptors (Lipinski definition) is 3. The fraction of sp³-hybridized carbons (Fsp3) is 0.467. The van der Waals surface area contributed by atoms with Gasteiger partial charge in [-0.1, -0.05) is 19.4 Å². The fourth-order valence-corrected chi connectivity index (χ4v) is 2.04. The lowest BCUT2D eigenvalue weighted by molar-refractivity contribution is -0.136. The van der Waals surface area contributed by atoms with Crippen LogP contribution in [0.1, 0.15) is 26.2 Å². The van der Waals surface area contributed by atoms with Crippen molar-refractivity contribution in [3.63, 3.8) is 0 Å². The maximum absolute atomic E-state index is 13.4. The summed E-state index contributed by atoms with van der Waals surface area (Å²) in [4.78, 5) is 23.3. The number of anilines is 1. The largest absolute Gasteiger partial charge is 0.396 e. The Bertz CT molecular complexity index is 497. The number of carbonyl (C=O) groups is 2. The molecule has 0 saturated heterocycles. The number of amides is 2. The third kappa shape index (κ3) is 5.40. The van der Waals surface area contributed by atoms with Gasteiger partial charge < -0.3 is 15.7 Å². The van der Waals surface area contributed by atoms with Crippen molar-refractivity contribution < 1.29 is 23.5 Å². The molecule has 1 aromatic carbocycles. The van der Waals surface area contributed by atoms with Crippen LogP contribution in [0.3, 0.4) is 0 Å². The molecule has 5 nitrogen and oxygen atoms in total. The molecule has 0 aromatic heterocycles. The van der Waals surface area contributed by atoms with Crippen molar-refractivity contribution in [1.29, 1.82) is 0 Å². The van der Waals surface area contributed by atoms with E-state index in [0.29, 0.717) is 6.42 Å². The highest BCUT2D eigenvalue weighted by Gasteiger charge is 2.19. The number of nitrogens with one attached hydrogen (secondary N) is 2. The van der Waals surface area contributed by atoms with E-state index in [4.69, 9.17) is 5.11 Å². The molecule has 1 rings (SSSR count). The number of halogens is 2. The Balaban J connectivity index is 2.56. The van der Waals surface area contributed by atoms with E-state index in [2.05, 4.69) is 5.32 Å². The van der Waals surface area contributed by atoms with Crippen molar-refractivity contribution >= 4 is 17.5 Å². The van der Waals surface area contributed by atoms with Gasteiger partial charge in [0, 0.05) is 13.2 Å². The number of hydrogen-bond donors (Lipinski definition) is 3. The highest BCUT2D eigenvalue weighted by molar-refractivity contribution is 6.39. The number of rotatable bonds is 7. The van der Waals surface area contributed by atoms with E-state index in [0.717, 1.165) is 31.0 Å². The molecule has 22 heavy (non-hydrogen) atoms. The van der Waals surface area contributed by atoms with Crippen molar-refractivity contribution in [2.24, 2.45) is 5.92 Å². The third-order valence-corrected chi connectivity index (χ3v) is 3.19. The van der Waals surface area contributed by atoms with Crippen molar-refractivity contribution in [1.82, 2.24) is 5.32 Å². The quantitative estimate of drug-likeness (QED) is 0.672. The molecule has 2 amide bonds. The van der Waals surface area contributed by atoms with E-state index in [1.165, 1.54) is 0 Å². The molecule has 0 heterocycles. The first-order valence-corrected chi connectivity index (χ1v) is 7.13. The predicted octanol–water partition coefficient (Wildman–Crippen LogP) is 1.82.